The number of ketones is 1. The second-order valence-corrected chi connectivity index (χ2v) is 5.64. The van der Waals surface area contributed by atoms with Crippen LogP contribution >= 0.6 is 0 Å². The van der Waals surface area contributed by atoms with E-state index in [1.165, 1.54) is 18.7 Å². The molecule has 0 aliphatic heterocycles. The monoisotopic (exact) mass is 343 g/mol. The molecule has 0 saturated heterocycles. The van der Waals surface area contributed by atoms with E-state index in [1.807, 2.05) is 0 Å². The van der Waals surface area contributed by atoms with Crippen LogP contribution in [0.4, 0.5) is 0 Å². The molecule has 0 rings (SSSR count). The summed E-state index contributed by atoms with van der Waals surface area (Å²) in [4.78, 5) is 47.7. The molecule has 0 aromatic carbocycles. The number of amides is 3. The lowest BCUT2D eigenvalue weighted by molar-refractivity contribution is -0.131. The zero-order valence-corrected chi connectivity index (χ0v) is 14.6. The molecule has 0 spiro atoms. The minimum Gasteiger partial charge on any atom is -0.353 e. The Hall–Kier alpha value is -2.00. The first-order valence-corrected chi connectivity index (χ1v) is 7.97. The maximum Gasteiger partial charge on any atom is 0.236 e. The molecule has 0 aliphatic rings. The molecule has 0 heterocycles. The summed E-state index contributed by atoms with van der Waals surface area (Å²) in [5.41, 5.74) is 10.8. The van der Waals surface area contributed by atoms with Crippen molar-refractivity contribution in [3.63, 3.8) is 0 Å². The number of nitrogens with two attached hydrogens (primary N) is 2. The lowest BCUT2D eigenvalue weighted by Gasteiger charge is -2.22. The Kier molecular flexibility index (Phi) is 10.6. The molecule has 9 nitrogen and oxygen atoms in total. The number of nitrogens with one attached hydrogen (secondary N) is 2. The average Bonchev–Trinajstić information content (AvgIpc) is 2.49. The van der Waals surface area contributed by atoms with E-state index >= 15 is 0 Å². The van der Waals surface area contributed by atoms with Gasteiger partial charge in [-0.3, -0.25) is 19.2 Å². The van der Waals surface area contributed by atoms with E-state index in [1.54, 1.807) is 6.92 Å². The van der Waals surface area contributed by atoms with Gasteiger partial charge < -0.3 is 27.0 Å². The van der Waals surface area contributed by atoms with E-state index in [4.69, 9.17) is 11.5 Å². The molecule has 0 fully saturated rings. The van der Waals surface area contributed by atoms with Crippen LogP contribution in [-0.2, 0) is 19.2 Å². The number of carbonyl (C=O) groups excluding carboxylic acids is 4. The third-order valence-electron chi connectivity index (χ3n) is 3.43. The van der Waals surface area contributed by atoms with Crippen LogP contribution in [0.5, 0.6) is 0 Å². The normalized spacial score (nSPS) is 12.9. The SMILES string of the molecule is CC(=O)[C@H](CCN)NC(=O)CCN(CCNC(=O)[C@H](C)N)C(C)=O. The lowest BCUT2D eigenvalue weighted by atomic mass is 10.1. The second kappa shape index (κ2) is 11.5. The van der Waals surface area contributed by atoms with Gasteiger partial charge in [-0.2, -0.15) is 0 Å². The van der Waals surface area contributed by atoms with Gasteiger partial charge in [0.15, 0.2) is 5.78 Å². The topological polar surface area (TPSA) is 148 Å². The number of nitrogens with zero attached hydrogens (tertiary/aromatic N) is 1. The van der Waals surface area contributed by atoms with Gasteiger partial charge in [-0.05, 0) is 26.8 Å². The van der Waals surface area contributed by atoms with Crippen LogP contribution in [0.3, 0.4) is 0 Å². The van der Waals surface area contributed by atoms with Crippen LogP contribution < -0.4 is 22.1 Å². The molecule has 0 unspecified atom stereocenters. The van der Waals surface area contributed by atoms with Crippen molar-refractivity contribution in [2.45, 2.75) is 45.7 Å². The van der Waals surface area contributed by atoms with E-state index in [0.29, 0.717) is 13.0 Å². The molecule has 0 saturated carbocycles. The van der Waals surface area contributed by atoms with Crippen LogP contribution in [0.1, 0.15) is 33.6 Å². The molecular weight excluding hydrogens is 314 g/mol. The fourth-order valence-corrected chi connectivity index (χ4v) is 1.95. The fraction of sp³-hybridized carbons (Fsp3) is 0.733. The number of hydrogen-bond acceptors (Lipinski definition) is 6. The zero-order valence-electron chi connectivity index (χ0n) is 14.6. The summed E-state index contributed by atoms with van der Waals surface area (Å²) in [5, 5.41) is 5.21. The Morgan fingerprint density at radius 3 is 2.21 bits per heavy atom. The van der Waals surface area contributed by atoms with E-state index in [0.717, 1.165) is 0 Å². The summed E-state index contributed by atoms with van der Waals surface area (Å²) in [6, 6.07) is -1.22. The highest BCUT2D eigenvalue weighted by Crippen LogP contribution is 1.97. The molecule has 0 aliphatic carbocycles. The molecule has 0 aromatic heterocycles. The standard InChI is InChI=1S/C15H29N5O4/c1-10(17)15(24)18-7-9-20(12(3)22)8-5-14(23)19-13(4-6-16)11(2)21/h10,13H,4-9,16-17H2,1-3H3,(H,18,24)(H,19,23)/t10-,13-/m0/s1. The Labute approximate surface area is 142 Å². The molecule has 24 heavy (non-hydrogen) atoms. The van der Waals surface area contributed by atoms with E-state index in [2.05, 4.69) is 10.6 Å². The number of hydrogen-bond donors (Lipinski definition) is 4. The third kappa shape index (κ3) is 9.21. The largest absolute Gasteiger partial charge is 0.353 e. The quantitative estimate of drug-likeness (QED) is 0.345. The van der Waals surface area contributed by atoms with Crippen molar-refractivity contribution in [2.24, 2.45) is 11.5 Å². The highest BCUT2D eigenvalue weighted by molar-refractivity contribution is 5.87. The first-order valence-electron chi connectivity index (χ1n) is 7.97. The molecular formula is C15H29N5O4. The van der Waals surface area contributed by atoms with E-state index < -0.39 is 12.1 Å². The number of rotatable bonds is 11. The number of Topliss-reactive ketones (excluding diaryl/α,β-unsaturated/α-hetero) is 1. The molecule has 0 bridgehead atoms. The summed E-state index contributed by atoms with van der Waals surface area (Å²) in [7, 11) is 0. The third-order valence-corrected chi connectivity index (χ3v) is 3.43. The average molecular weight is 343 g/mol. The van der Waals surface area contributed by atoms with Crippen LogP contribution in [-0.4, -0.2) is 66.7 Å². The van der Waals surface area contributed by atoms with Gasteiger partial charge in [0.25, 0.3) is 0 Å². The molecule has 0 aromatic rings. The minimum absolute atomic E-state index is 0.0647. The first-order chi connectivity index (χ1) is 11.2. The van der Waals surface area contributed by atoms with Gasteiger partial charge in [0, 0.05) is 33.0 Å². The van der Waals surface area contributed by atoms with Crippen molar-refractivity contribution in [1.82, 2.24) is 15.5 Å². The van der Waals surface area contributed by atoms with Gasteiger partial charge in [-0.25, -0.2) is 0 Å². The summed E-state index contributed by atoms with van der Waals surface area (Å²) in [6.07, 6.45) is 0.440. The Bertz CT molecular complexity index is 453. The summed E-state index contributed by atoms with van der Waals surface area (Å²) < 4.78 is 0. The molecule has 9 heteroatoms. The van der Waals surface area contributed by atoms with Gasteiger partial charge in [0.2, 0.25) is 17.7 Å². The molecule has 0 radical (unpaired) electrons. The number of carbonyl (C=O) groups is 4. The van der Waals surface area contributed by atoms with Gasteiger partial charge in [-0.1, -0.05) is 0 Å². The van der Waals surface area contributed by atoms with E-state index in [9.17, 15) is 19.2 Å². The Morgan fingerprint density at radius 2 is 1.75 bits per heavy atom. The second-order valence-electron chi connectivity index (χ2n) is 5.64. The van der Waals surface area contributed by atoms with Crippen molar-refractivity contribution in [3.05, 3.63) is 0 Å². The van der Waals surface area contributed by atoms with Crippen LogP contribution in [0.25, 0.3) is 0 Å². The van der Waals surface area contributed by atoms with Crippen molar-refractivity contribution in [2.75, 3.05) is 26.2 Å². The maximum atomic E-state index is 11.9. The highest BCUT2D eigenvalue weighted by Gasteiger charge is 2.17. The smallest absolute Gasteiger partial charge is 0.236 e. The zero-order chi connectivity index (χ0) is 18.7. The summed E-state index contributed by atoms with van der Waals surface area (Å²) in [5.74, 6) is -0.990. The molecule has 138 valence electrons. The maximum absolute atomic E-state index is 11.9. The summed E-state index contributed by atoms with van der Waals surface area (Å²) >= 11 is 0. The molecule has 6 N–H and O–H groups in total. The van der Waals surface area contributed by atoms with Crippen LogP contribution in [0.15, 0.2) is 0 Å². The Morgan fingerprint density at radius 1 is 1.12 bits per heavy atom. The predicted molar refractivity (Wildman–Crippen MR) is 89.8 cm³/mol. The Balaban J connectivity index is 4.33. The van der Waals surface area contributed by atoms with Crippen molar-refractivity contribution in [3.8, 4) is 0 Å². The predicted octanol–water partition coefficient (Wildman–Crippen LogP) is -1.89. The highest BCUT2D eigenvalue weighted by atomic mass is 16.2. The van der Waals surface area contributed by atoms with Crippen LogP contribution in [0.2, 0.25) is 0 Å². The van der Waals surface area contributed by atoms with Gasteiger partial charge in [0.1, 0.15) is 0 Å². The first kappa shape index (κ1) is 22.0. The van der Waals surface area contributed by atoms with Crippen LogP contribution in [0, 0.1) is 0 Å². The molecule has 3 amide bonds. The van der Waals surface area contributed by atoms with Gasteiger partial charge in [-0.15, -0.1) is 0 Å². The van der Waals surface area contributed by atoms with Crippen molar-refractivity contribution < 1.29 is 19.2 Å². The van der Waals surface area contributed by atoms with Gasteiger partial charge in [0.05, 0.1) is 12.1 Å². The fourth-order valence-electron chi connectivity index (χ4n) is 1.95. The van der Waals surface area contributed by atoms with Crippen molar-refractivity contribution in [1.29, 1.82) is 0 Å². The lowest BCUT2D eigenvalue weighted by Crippen LogP contribution is -2.45. The summed E-state index contributed by atoms with van der Waals surface area (Å²) in [6.45, 7) is 5.37. The van der Waals surface area contributed by atoms with Crippen molar-refractivity contribution >= 4 is 23.5 Å². The van der Waals surface area contributed by atoms with E-state index in [-0.39, 0.29) is 49.6 Å². The minimum atomic E-state index is -0.618. The van der Waals surface area contributed by atoms with Gasteiger partial charge >= 0.3 is 0 Å². The molecule has 2 atom stereocenters.